The maximum atomic E-state index is 13.8. The number of thiophene rings is 1. The number of ether oxygens (including phenoxy) is 2. The van der Waals surface area contributed by atoms with Gasteiger partial charge in [0.1, 0.15) is 34.3 Å². The number of methoxy groups -OCH3 is 2. The van der Waals surface area contributed by atoms with Gasteiger partial charge in [-0.3, -0.25) is 9.69 Å². The molecule has 2 aliphatic carbocycles. The molecule has 1 atom stereocenters. The first-order valence-electron chi connectivity index (χ1n) is 13.2. The number of hydrogen-bond donors (Lipinski definition) is 2. The molecular formula is C30H28N6O3S. The lowest BCUT2D eigenvalue weighted by Crippen LogP contribution is -2.34. The van der Waals surface area contributed by atoms with E-state index in [1.165, 1.54) is 4.88 Å². The van der Waals surface area contributed by atoms with E-state index in [4.69, 9.17) is 25.9 Å². The molecule has 10 heteroatoms. The van der Waals surface area contributed by atoms with Crippen molar-refractivity contribution < 1.29 is 14.3 Å². The van der Waals surface area contributed by atoms with Gasteiger partial charge in [0.15, 0.2) is 17.3 Å². The smallest absolute Gasteiger partial charge is 0.161 e. The van der Waals surface area contributed by atoms with E-state index in [9.17, 15) is 15.3 Å². The van der Waals surface area contributed by atoms with Crippen LogP contribution in [0.2, 0.25) is 0 Å². The minimum atomic E-state index is -0.603. The molecule has 4 N–H and O–H groups in total. The second kappa shape index (κ2) is 9.89. The lowest BCUT2D eigenvalue weighted by atomic mass is 9.74. The van der Waals surface area contributed by atoms with E-state index >= 15 is 0 Å². The minimum absolute atomic E-state index is 0.00578. The summed E-state index contributed by atoms with van der Waals surface area (Å²) in [5, 5.41) is 21.0. The van der Waals surface area contributed by atoms with Crippen molar-refractivity contribution in [3.63, 3.8) is 0 Å². The van der Waals surface area contributed by atoms with Crippen LogP contribution in [0.15, 0.2) is 29.5 Å². The predicted molar refractivity (Wildman–Crippen MR) is 153 cm³/mol. The monoisotopic (exact) mass is 552 g/mol. The number of pyridine rings is 1. The molecule has 0 amide bonds. The number of hydrogen-bond acceptors (Lipinski definition) is 10. The third kappa shape index (κ3) is 3.71. The Hall–Kier alpha value is -4.54. The molecule has 9 nitrogen and oxygen atoms in total. The average molecular weight is 553 g/mol. The van der Waals surface area contributed by atoms with Crippen molar-refractivity contribution in [3.8, 4) is 23.6 Å². The zero-order valence-corrected chi connectivity index (χ0v) is 23.2. The van der Waals surface area contributed by atoms with Crippen molar-refractivity contribution in [2.24, 2.45) is 0 Å². The summed E-state index contributed by atoms with van der Waals surface area (Å²) in [5.74, 6) is 0.935. The number of nitriles is 2. The van der Waals surface area contributed by atoms with Crippen molar-refractivity contribution in [2.45, 2.75) is 50.9 Å². The maximum absolute atomic E-state index is 13.8. The van der Waals surface area contributed by atoms with Crippen LogP contribution in [-0.2, 0) is 17.6 Å². The van der Waals surface area contributed by atoms with Crippen LogP contribution in [0.5, 0.6) is 11.5 Å². The molecule has 0 saturated carbocycles. The molecule has 0 spiro atoms. The summed E-state index contributed by atoms with van der Waals surface area (Å²) in [7, 11) is 3.12. The number of fused-ring (bicyclic) bond motifs is 2. The summed E-state index contributed by atoms with van der Waals surface area (Å²) >= 11 is 1.58. The highest BCUT2D eigenvalue weighted by molar-refractivity contribution is 7.16. The molecule has 1 aromatic carbocycles. The summed E-state index contributed by atoms with van der Waals surface area (Å²) in [5.41, 5.74) is 17.7. The van der Waals surface area contributed by atoms with E-state index in [1.54, 1.807) is 31.6 Å². The zero-order valence-electron chi connectivity index (χ0n) is 22.3. The van der Waals surface area contributed by atoms with Crippen molar-refractivity contribution in [3.05, 3.63) is 62.2 Å². The van der Waals surface area contributed by atoms with Gasteiger partial charge < -0.3 is 20.9 Å². The summed E-state index contributed by atoms with van der Waals surface area (Å²) in [4.78, 5) is 21.7. The summed E-state index contributed by atoms with van der Waals surface area (Å²) in [6.45, 7) is 0. The number of benzene rings is 1. The normalized spacial score (nSPS) is 17.9. The molecule has 3 aliphatic rings. The molecule has 1 aliphatic heterocycles. The number of aryl methyl sites for hydroxylation is 1. The van der Waals surface area contributed by atoms with Crippen LogP contribution in [0.4, 0.5) is 22.3 Å². The number of Topliss-reactive ketones (excluding diaryl/α,β-unsaturated/α-hetero) is 1. The lowest BCUT2D eigenvalue weighted by molar-refractivity contribution is -0.116. The summed E-state index contributed by atoms with van der Waals surface area (Å²) in [6, 6.07) is 10.1. The number of aromatic nitrogens is 1. The Labute approximate surface area is 236 Å². The first kappa shape index (κ1) is 25.7. The number of carbonyl (C=O) groups excluding carboxylic acids is 1. The highest BCUT2D eigenvalue weighted by Gasteiger charge is 2.44. The number of anilines is 4. The summed E-state index contributed by atoms with van der Waals surface area (Å²) < 4.78 is 11.0. The fourth-order valence-electron chi connectivity index (χ4n) is 6.28. The number of ketones is 1. The second-order valence-corrected chi connectivity index (χ2v) is 11.2. The highest BCUT2D eigenvalue weighted by atomic mass is 32.1. The van der Waals surface area contributed by atoms with Gasteiger partial charge in [0.25, 0.3) is 0 Å². The predicted octanol–water partition coefficient (Wildman–Crippen LogP) is 5.24. The maximum Gasteiger partial charge on any atom is 0.161 e. The van der Waals surface area contributed by atoms with Crippen LogP contribution in [-0.4, -0.2) is 25.0 Å². The highest BCUT2D eigenvalue weighted by Crippen LogP contribution is 2.56. The van der Waals surface area contributed by atoms with Gasteiger partial charge in [-0.1, -0.05) is 6.07 Å². The Balaban J connectivity index is 1.71. The van der Waals surface area contributed by atoms with Gasteiger partial charge >= 0.3 is 0 Å². The van der Waals surface area contributed by atoms with Gasteiger partial charge in [0, 0.05) is 34.0 Å². The largest absolute Gasteiger partial charge is 0.493 e. The van der Waals surface area contributed by atoms with Crippen LogP contribution in [0.1, 0.15) is 70.7 Å². The fraction of sp³-hybridized carbons (Fsp3) is 0.333. The van der Waals surface area contributed by atoms with Gasteiger partial charge in [-0.2, -0.15) is 10.5 Å². The standard InChI is InChI=1S/C30H28N6O3S/c1-38-21-11-10-15(12-22(21)39-2)24-25-19(7-5-8-20(25)37)36(29-26(24)27(33)18(14-32)28(34)35-29)30-17(13-31)16-6-3-4-9-23(16)40-30/h10-12,24H,3-9H2,1-2H3,(H4,33,34,35). The number of rotatable bonds is 4. The quantitative estimate of drug-likeness (QED) is 0.443. The van der Waals surface area contributed by atoms with Crippen LogP contribution >= 0.6 is 11.3 Å². The Morgan fingerprint density at radius 3 is 2.48 bits per heavy atom. The van der Waals surface area contributed by atoms with E-state index in [0.29, 0.717) is 53.3 Å². The number of nitrogens with zero attached hydrogens (tertiary/aromatic N) is 4. The van der Waals surface area contributed by atoms with E-state index in [2.05, 4.69) is 12.1 Å². The first-order valence-corrected chi connectivity index (χ1v) is 14.1. The average Bonchev–Trinajstić information content (AvgIpc) is 3.34. The second-order valence-electron chi connectivity index (χ2n) is 10.2. The lowest BCUT2D eigenvalue weighted by Gasteiger charge is -2.40. The Morgan fingerprint density at radius 1 is 1.00 bits per heavy atom. The number of carbonyl (C=O) groups is 1. The van der Waals surface area contributed by atoms with Gasteiger partial charge in [0.2, 0.25) is 0 Å². The Bertz CT molecular complexity index is 1690. The molecule has 6 rings (SSSR count). The van der Waals surface area contributed by atoms with Crippen molar-refractivity contribution in [1.29, 1.82) is 10.5 Å². The molecule has 1 unspecified atom stereocenters. The summed E-state index contributed by atoms with van der Waals surface area (Å²) in [6.07, 6.45) is 5.57. The third-order valence-electron chi connectivity index (χ3n) is 8.09. The van der Waals surface area contributed by atoms with Crippen LogP contribution < -0.4 is 25.8 Å². The number of allylic oxidation sites excluding steroid dienone is 2. The van der Waals surface area contributed by atoms with Crippen molar-refractivity contribution in [2.75, 3.05) is 30.6 Å². The van der Waals surface area contributed by atoms with E-state index in [1.807, 2.05) is 17.0 Å². The molecule has 2 aromatic heterocycles. The number of nitrogens with two attached hydrogens (primary N) is 2. The molecular weight excluding hydrogens is 524 g/mol. The molecule has 0 bridgehead atoms. The molecule has 0 fully saturated rings. The molecule has 3 heterocycles. The SMILES string of the molecule is COc1ccc(C2C3=C(CCCC3=O)N(c3sc4c(c3C#N)CCCC4)c3nc(N)c(C#N)c(N)c32)cc1OC. The van der Waals surface area contributed by atoms with Gasteiger partial charge in [-0.25, -0.2) is 4.98 Å². The van der Waals surface area contributed by atoms with E-state index < -0.39 is 5.92 Å². The molecule has 0 saturated heterocycles. The zero-order chi connectivity index (χ0) is 28.1. The van der Waals surface area contributed by atoms with Crippen molar-refractivity contribution in [1.82, 2.24) is 4.98 Å². The topological polar surface area (TPSA) is 151 Å². The Kier molecular flexibility index (Phi) is 6.36. The Morgan fingerprint density at radius 2 is 1.75 bits per heavy atom. The molecule has 202 valence electrons. The minimum Gasteiger partial charge on any atom is -0.493 e. The third-order valence-corrected chi connectivity index (χ3v) is 9.37. The van der Waals surface area contributed by atoms with Crippen molar-refractivity contribution >= 4 is 39.4 Å². The van der Waals surface area contributed by atoms with Crippen LogP contribution in [0.3, 0.4) is 0 Å². The van der Waals surface area contributed by atoms with Crippen LogP contribution in [0.25, 0.3) is 0 Å². The van der Waals surface area contributed by atoms with E-state index in [-0.39, 0.29) is 22.9 Å². The van der Waals surface area contributed by atoms with Crippen LogP contribution in [0, 0.1) is 22.7 Å². The number of nitrogen functional groups attached to an aromatic ring is 2. The van der Waals surface area contributed by atoms with Gasteiger partial charge in [-0.05, 0) is 61.8 Å². The molecule has 40 heavy (non-hydrogen) atoms. The molecule has 0 radical (unpaired) electrons. The molecule has 3 aromatic rings. The first-order chi connectivity index (χ1) is 19.4. The van der Waals surface area contributed by atoms with E-state index in [0.717, 1.165) is 47.5 Å². The van der Waals surface area contributed by atoms with Gasteiger partial charge in [0.05, 0.1) is 25.5 Å². The fourth-order valence-corrected chi connectivity index (χ4v) is 7.65. The van der Waals surface area contributed by atoms with Gasteiger partial charge in [-0.15, -0.1) is 11.3 Å².